The first kappa shape index (κ1) is 18.0. The van der Waals surface area contributed by atoms with E-state index in [2.05, 4.69) is 10.3 Å². The second kappa shape index (κ2) is 8.53. The van der Waals surface area contributed by atoms with Crippen LogP contribution in [-0.2, 0) is 9.59 Å². The van der Waals surface area contributed by atoms with E-state index >= 15 is 0 Å². The number of rotatable bonds is 7. The smallest absolute Gasteiger partial charge is 0.260 e. The Bertz CT molecular complexity index is 823. The van der Waals surface area contributed by atoms with Gasteiger partial charge in [0.15, 0.2) is 0 Å². The van der Waals surface area contributed by atoms with Crippen molar-refractivity contribution in [2.45, 2.75) is 11.7 Å². The zero-order chi connectivity index (χ0) is 18.4. The molecule has 0 aliphatic carbocycles. The summed E-state index contributed by atoms with van der Waals surface area (Å²) in [5, 5.41) is 2.83. The molecule has 1 atom stereocenters. The highest BCUT2D eigenvalue weighted by Crippen LogP contribution is 2.26. The summed E-state index contributed by atoms with van der Waals surface area (Å²) >= 11 is 1.27. The van der Waals surface area contributed by atoms with Crippen LogP contribution in [0.5, 0.6) is 11.5 Å². The van der Waals surface area contributed by atoms with Crippen molar-refractivity contribution in [3.05, 3.63) is 54.6 Å². The lowest BCUT2D eigenvalue weighted by atomic mass is 10.2. The van der Waals surface area contributed by atoms with Crippen LogP contribution in [-0.4, -0.2) is 35.8 Å². The number of benzene rings is 2. The number of carbonyl (C=O) groups excluding carboxylic acids is 2. The fourth-order valence-corrected chi connectivity index (χ4v) is 3.36. The SMILES string of the molecule is COc1cccc(NC(=O)C[C@@H]2SC(COc3ccccc3)=NC2=O)c1. The largest absolute Gasteiger partial charge is 0.497 e. The van der Waals surface area contributed by atoms with E-state index in [1.807, 2.05) is 30.3 Å². The van der Waals surface area contributed by atoms with Gasteiger partial charge >= 0.3 is 0 Å². The van der Waals surface area contributed by atoms with Crippen LogP contribution < -0.4 is 14.8 Å². The Balaban J connectivity index is 1.49. The predicted octanol–water partition coefficient (Wildman–Crippen LogP) is 3.14. The Morgan fingerprint density at radius 3 is 2.69 bits per heavy atom. The molecule has 3 rings (SSSR count). The molecule has 0 saturated heterocycles. The molecule has 1 aliphatic rings. The van der Waals surface area contributed by atoms with Gasteiger partial charge in [-0.25, -0.2) is 4.99 Å². The lowest BCUT2D eigenvalue weighted by Crippen LogP contribution is -2.21. The molecule has 134 valence electrons. The minimum absolute atomic E-state index is 0.0546. The Hall–Kier alpha value is -2.80. The van der Waals surface area contributed by atoms with Gasteiger partial charge in [-0.3, -0.25) is 9.59 Å². The van der Waals surface area contributed by atoms with Crippen molar-refractivity contribution in [3.63, 3.8) is 0 Å². The Morgan fingerprint density at radius 2 is 1.92 bits per heavy atom. The molecular weight excluding hydrogens is 352 g/mol. The van der Waals surface area contributed by atoms with Gasteiger partial charge in [0.2, 0.25) is 5.91 Å². The number of amides is 2. The highest BCUT2D eigenvalue weighted by Gasteiger charge is 2.30. The summed E-state index contributed by atoms with van der Waals surface area (Å²) in [4.78, 5) is 28.2. The van der Waals surface area contributed by atoms with Gasteiger partial charge < -0.3 is 14.8 Å². The van der Waals surface area contributed by atoms with Crippen LogP contribution >= 0.6 is 11.8 Å². The minimum Gasteiger partial charge on any atom is -0.497 e. The van der Waals surface area contributed by atoms with Crippen molar-refractivity contribution in [3.8, 4) is 11.5 Å². The minimum atomic E-state index is -0.519. The maximum atomic E-state index is 12.2. The van der Waals surface area contributed by atoms with Gasteiger partial charge in [0.05, 0.1) is 7.11 Å². The molecule has 1 aliphatic heterocycles. The molecule has 7 heteroatoms. The van der Waals surface area contributed by atoms with Gasteiger partial charge in [0.1, 0.15) is 28.4 Å². The number of aliphatic imine (C=N–C) groups is 1. The Kier molecular flexibility index (Phi) is 5.91. The number of carbonyl (C=O) groups is 2. The lowest BCUT2D eigenvalue weighted by molar-refractivity contribution is -0.121. The van der Waals surface area contributed by atoms with E-state index in [0.29, 0.717) is 22.2 Å². The highest BCUT2D eigenvalue weighted by atomic mass is 32.2. The van der Waals surface area contributed by atoms with E-state index < -0.39 is 5.25 Å². The number of anilines is 1. The molecular formula is C19H18N2O4S. The van der Waals surface area contributed by atoms with E-state index in [4.69, 9.17) is 9.47 Å². The van der Waals surface area contributed by atoms with Crippen LogP contribution in [0.15, 0.2) is 59.6 Å². The second-order valence-electron chi connectivity index (χ2n) is 5.54. The third kappa shape index (κ3) is 4.86. The molecule has 2 aromatic carbocycles. The first-order valence-corrected chi connectivity index (χ1v) is 8.92. The van der Waals surface area contributed by atoms with Gasteiger partial charge in [-0.2, -0.15) is 0 Å². The fraction of sp³-hybridized carbons (Fsp3) is 0.211. The summed E-state index contributed by atoms with van der Waals surface area (Å²) in [6.07, 6.45) is 0.0546. The first-order chi connectivity index (χ1) is 12.6. The van der Waals surface area contributed by atoms with Crippen LogP contribution in [0.2, 0.25) is 0 Å². The normalized spacial score (nSPS) is 16.1. The number of hydrogen-bond donors (Lipinski definition) is 1. The van der Waals surface area contributed by atoms with Crippen LogP contribution in [0.25, 0.3) is 0 Å². The van der Waals surface area contributed by atoms with Crippen molar-refractivity contribution < 1.29 is 19.1 Å². The Morgan fingerprint density at radius 1 is 1.15 bits per heavy atom. The molecule has 0 unspecified atom stereocenters. The molecule has 0 bridgehead atoms. The van der Waals surface area contributed by atoms with Crippen molar-refractivity contribution in [1.29, 1.82) is 0 Å². The molecule has 0 fully saturated rings. The van der Waals surface area contributed by atoms with Gasteiger partial charge in [-0.05, 0) is 24.3 Å². The third-order valence-corrected chi connectivity index (χ3v) is 4.75. The number of ether oxygens (including phenoxy) is 2. The third-order valence-electron chi connectivity index (χ3n) is 3.62. The summed E-state index contributed by atoms with van der Waals surface area (Å²) in [7, 11) is 1.56. The van der Waals surface area contributed by atoms with Gasteiger partial charge in [0.25, 0.3) is 5.91 Å². The summed E-state index contributed by atoms with van der Waals surface area (Å²) in [6.45, 7) is 0.217. The topological polar surface area (TPSA) is 77.0 Å². The molecule has 0 saturated carbocycles. The summed E-state index contributed by atoms with van der Waals surface area (Å²) in [5.74, 6) is 0.812. The second-order valence-corrected chi connectivity index (χ2v) is 6.81. The number of hydrogen-bond acceptors (Lipinski definition) is 5. The number of thioether (sulfide) groups is 1. The lowest BCUT2D eigenvalue weighted by Gasteiger charge is -2.09. The molecule has 0 radical (unpaired) electrons. The van der Waals surface area contributed by atoms with Crippen LogP contribution in [0.1, 0.15) is 6.42 Å². The monoisotopic (exact) mass is 370 g/mol. The van der Waals surface area contributed by atoms with Crippen LogP contribution in [0.4, 0.5) is 5.69 Å². The molecule has 2 amide bonds. The molecule has 2 aromatic rings. The Labute approximate surface area is 155 Å². The number of nitrogens with one attached hydrogen (secondary N) is 1. The number of nitrogens with zero attached hydrogens (tertiary/aromatic N) is 1. The average Bonchev–Trinajstić information content (AvgIpc) is 3.00. The van der Waals surface area contributed by atoms with E-state index in [1.165, 1.54) is 11.8 Å². The van der Waals surface area contributed by atoms with Crippen LogP contribution in [0.3, 0.4) is 0 Å². The zero-order valence-electron chi connectivity index (χ0n) is 14.2. The molecule has 0 spiro atoms. The van der Waals surface area contributed by atoms with E-state index in [1.54, 1.807) is 31.4 Å². The number of methoxy groups -OCH3 is 1. The van der Waals surface area contributed by atoms with Gasteiger partial charge in [-0.15, -0.1) is 0 Å². The van der Waals surface area contributed by atoms with E-state index in [0.717, 1.165) is 0 Å². The summed E-state index contributed by atoms with van der Waals surface area (Å²) < 4.78 is 10.7. The molecule has 0 aromatic heterocycles. The predicted molar refractivity (Wildman–Crippen MR) is 102 cm³/mol. The highest BCUT2D eigenvalue weighted by molar-refractivity contribution is 8.15. The van der Waals surface area contributed by atoms with Crippen molar-refractivity contribution in [2.24, 2.45) is 4.99 Å². The quantitative estimate of drug-likeness (QED) is 0.810. The molecule has 1 N–H and O–H groups in total. The summed E-state index contributed by atoms with van der Waals surface area (Å²) in [5.41, 5.74) is 0.623. The first-order valence-electron chi connectivity index (χ1n) is 8.04. The van der Waals surface area contributed by atoms with Crippen molar-refractivity contribution in [2.75, 3.05) is 19.0 Å². The molecule has 6 nitrogen and oxygen atoms in total. The fourth-order valence-electron chi connectivity index (χ4n) is 2.37. The maximum Gasteiger partial charge on any atom is 0.260 e. The van der Waals surface area contributed by atoms with Crippen molar-refractivity contribution in [1.82, 2.24) is 0 Å². The van der Waals surface area contributed by atoms with Crippen LogP contribution in [0, 0.1) is 0 Å². The van der Waals surface area contributed by atoms with Gasteiger partial charge in [-0.1, -0.05) is 36.0 Å². The maximum absolute atomic E-state index is 12.2. The number of para-hydroxylation sites is 1. The molecule has 26 heavy (non-hydrogen) atoms. The zero-order valence-corrected chi connectivity index (χ0v) is 15.0. The standard InChI is InChI=1S/C19H18N2O4S/c1-24-15-9-5-6-13(10-15)20-17(22)11-16-19(23)21-18(26-16)12-25-14-7-3-2-4-8-14/h2-10,16H,11-12H2,1H3,(H,20,22)/t16-/m0/s1. The summed E-state index contributed by atoms with van der Waals surface area (Å²) in [6, 6.07) is 16.4. The van der Waals surface area contributed by atoms with Gasteiger partial charge in [0, 0.05) is 18.2 Å². The average molecular weight is 370 g/mol. The van der Waals surface area contributed by atoms with E-state index in [9.17, 15) is 9.59 Å². The molecule has 1 heterocycles. The van der Waals surface area contributed by atoms with Crippen molar-refractivity contribution >= 4 is 34.3 Å². The van der Waals surface area contributed by atoms with E-state index in [-0.39, 0.29) is 24.8 Å².